The van der Waals surface area contributed by atoms with Crippen molar-refractivity contribution in [3.05, 3.63) is 34.9 Å². The van der Waals surface area contributed by atoms with E-state index in [9.17, 15) is 0 Å². The Morgan fingerprint density at radius 2 is 1.89 bits per heavy atom. The van der Waals surface area contributed by atoms with Gasteiger partial charge < -0.3 is 10.8 Å². The van der Waals surface area contributed by atoms with E-state index in [0.717, 1.165) is 18.8 Å². The SMILES string of the molecule is NCCc1cc(CCO)ccc1C1CCCCC1. The molecule has 18 heavy (non-hydrogen) atoms. The van der Waals surface area contributed by atoms with Crippen molar-refractivity contribution in [2.24, 2.45) is 5.73 Å². The van der Waals surface area contributed by atoms with Crippen LogP contribution in [0.3, 0.4) is 0 Å². The van der Waals surface area contributed by atoms with Gasteiger partial charge in [0.2, 0.25) is 0 Å². The first-order valence-electron chi connectivity index (χ1n) is 7.27. The van der Waals surface area contributed by atoms with E-state index < -0.39 is 0 Å². The van der Waals surface area contributed by atoms with E-state index in [1.54, 1.807) is 0 Å². The third-order valence-electron chi connectivity index (χ3n) is 4.07. The number of hydrogen-bond acceptors (Lipinski definition) is 2. The van der Waals surface area contributed by atoms with Crippen LogP contribution < -0.4 is 5.73 Å². The predicted molar refractivity (Wildman–Crippen MR) is 75.8 cm³/mol. The molecule has 1 aromatic carbocycles. The Balaban J connectivity index is 2.21. The fourth-order valence-corrected chi connectivity index (χ4v) is 3.13. The molecule has 2 heteroatoms. The monoisotopic (exact) mass is 247 g/mol. The molecule has 0 spiro atoms. The van der Waals surface area contributed by atoms with Crippen LogP contribution in [0.4, 0.5) is 0 Å². The lowest BCUT2D eigenvalue weighted by molar-refractivity contribution is 0.299. The Hall–Kier alpha value is -0.860. The molecule has 2 rings (SSSR count). The second-order valence-electron chi connectivity index (χ2n) is 5.38. The minimum Gasteiger partial charge on any atom is -0.396 e. The van der Waals surface area contributed by atoms with Crippen LogP contribution in [0.25, 0.3) is 0 Å². The van der Waals surface area contributed by atoms with Crippen LogP contribution in [0.1, 0.15) is 54.7 Å². The summed E-state index contributed by atoms with van der Waals surface area (Å²) >= 11 is 0. The standard InChI is InChI=1S/C16H25NO/c17-10-8-15-12-13(9-11-18)6-7-16(15)14-4-2-1-3-5-14/h6-7,12,14,18H,1-5,8-11,17H2. The molecular formula is C16H25NO. The molecule has 1 aliphatic carbocycles. The quantitative estimate of drug-likeness (QED) is 0.840. The molecule has 0 amide bonds. The predicted octanol–water partition coefficient (Wildman–Crippen LogP) is 2.77. The van der Waals surface area contributed by atoms with Gasteiger partial charge in [-0.1, -0.05) is 37.5 Å². The van der Waals surface area contributed by atoms with Crippen molar-refractivity contribution >= 4 is 0 Å². The second-order valence-corrected chi connectivity index (χ2v) is 5.38. The van der Waals surface area contributed by atoms with E-state index in [-0.39, 0.29) is 6.61 Å². The van der Waals surface area contributed by atoms with Crippen molar-refractivity contribution in [1.82, 2.24) is 0 Å². The molecule has 0 aliphatic heterocycles. The Bertz CT molecular complexity index is 369. The van der Waals surface area contributed by atoms with Gasteiger partial charge >= 0.3 is 0 Å². The van der Waals surface area contributed by atoms with E-state index in [1.807, 2.05) is 0 Å². The van der Waals surface area contributed by atoms with Crippen molar-refractivity contribution in [2.45, 2.75) is 50.9 Å². The maximum absolute atomic E-state index is 9.03. The molecule has 1 fully saturated rings. The summed E-state index contributed by atoms with van der Waals surface area (Å²) in [5.41, 5.74) is 9.90. The van der Waals surface area contributed by atoms with Crippen molar-refractivity contribution in [1.29, 1.82) is 0 Å². The molecule has 1 aromatic rings. The van der Waals surface area contributed by atoms with Crippen LogP contribution in [0.5, 0.6) is 0 Å². The Kier molecular flexibility index (Phi) is 5.21. The molecule has 1 saturated carbocycles. The summed E-state index contributed by atoms with van der Waals surface area (Å²) in [5, 5.41) is 9.03. The smallest absolute Gasteiger partial charge is 0.0471 e. The van der Waals surface area contributed by atoms with Crippen molar-refractivity contribution in [3.8, 4) is 0 Å². The van der Waals surface area contributed by atoms with Gasteiger partial charge in [0.05, 0.1) is 0 Å². The summed E-state index contributed by atoms with van der Waals surface area (Å²) in [6.07, 6.45) is 8.50. The number of aliphatic hydroxyl groups excluding tert-OH is 1. The zero-order chi connectivity index (χ0) is 12.8. The first kappa shape index (κ1) is 13.6. The minimum absolute atomic E-state index is 0.227. The molecule has 2 nitrogen and oxygen atoms in total. The topological polar surface area (TPSA) is 46.2 Å². The summed E-state index contributed by atoms with van der Waals surface area (Å²) in [4.78, 5) is 0. The van der Waals surface area contributed by atoms with Crippen LogP contribution in [0.15, 0.2) is 18.2 Å². The highest BCUT2D eigenvalue weighted by atomic mass is 16.2. The molecule has 1 aliphatic rings. The summed E-state index contributed by atoms with van der Waals surface area (Å²) in [5.74, 6) is 0.739. The average molecular weight is 247 g/mol. The van der Waals surface area contributed by atoms with Gasteiger partial charge in [0.15, 0.2) is 0 Å². The van der Waals surface area contributed by atoms with Gasteiger partial charge in [0, 0.05) is 6.61 Å². The molecule has 0 atom stereocenters. The van der Waals surface area contributed by atoms with Crippen molar-refractivity contribution in [3.63, 3.8) is 0 Å². The zero-order valence-electron chi connectivity index (χ0n) is 11.2. The highest BCUT2D eigenvalue weighted by molar-refractivity contribution is 5.35. The van der Waals surface area contributed by atoms with Gasteiger partial charge in [0.1, 0.15) is 0 Å². The van der Waals surface area contributed by atoms with Gasteiger partial charge in [-0.15, -0.1) is 0 Å². The average Bonchev–Trinajstić information content (AvgIpc) is 2.41. The number of nitrogens with two attached hydrogens (primary N) is 1. The van der Waals surface area contributed by atoms with E-state index in [2.05, 4.69) is 18.2 Å². The lowest BCUT2D eigenvalue weighted by Crippen LogP contribution is -2.11. The van der Waals surface area contributed by atoms with Gasteiger partial charge in [-0.25, -0.2) is 0 Å². The van der Waals surface area contributed by atoms with Crippen molar-refractivity contribution in [2.75, 3.05) is 13.2 Å². The number of hydrogen-bond donors (Lipinski definition) is 2. The van der Waals surface area contributed by atoms with Gasteiger partial charge in [-0.2, -0.15) is 0 Å². The maximum Gasteiger partial charge on any atom is 0.0471 e. The van der Waals surface area contributed by atoms with Crippen LogP contribution in [0, 0.1) is 0 Å². The van der Waals surface area contributed by atoms with Crippen LogP contribution >= 0.6 is 0 Å². The highest BCUT2D eigenvalue weighted by Crippen LogP contribution is 2.34. The third-order valence-corrected chi connectivity index (χ3v) is 4.07. The Labute approximate surface area is 110 Å². The van der Waals surface area contributed by atoms with E-state index >= 15 is 0 Å². The molecule has 0 unspecified atom stereocenters. The molecular weight excluding hydrogens is 222 g/mol. The van der Waals surface area contributed by atoms with E-state index in [0.29, 0.717) is 6.54 Å². The number of rotatable bonds is 5. The van der Waals surface area contributed by atoms with Gasteiger partial charge in [-0.05, 0) is 54.8 Å². The molecule has 0 aromatic heterocycles. The highest BCUT2D eigenvalue weighted by Gasteiger charge is 2.18. The van der Waals surface area contributed by atoms with Gasteiger partial charge in [0.25, 0.3) is 0 Å². The summed E-state index contributed by atoms with van der Waals surface area (Å²) in [6.45, 7) is 0.938. The first-order valence-corrected chi connectivity index (χ1v) is 7.27. The van der Waals surface area contributed by atoms with Crippen LogP contribution in [0.2, 0.25) is 0 Å². The van der Waals surface area contributed by atoms with Gasteiger partial charge in [-0.3, -0.25) is 0 Å². The molecule has 100 valence electrons. The van der Waals surface area contributed by atoms with Crippen molar-refractivity contribution < 1.29 is 5.11 Å². The van der Waals surface area contributed by atoms with Crippen LogP contribution in [-0.2, 0) is 12.8 Å². The summed E-state index contributed by atoms with van der Waals surface area (Å²) < 4.78 is 0. The molecule has 0 saturated heterocycles. The lowest BCUT2D eigenvalue weighted by atomic mass is 9.81. The molecule has 3 N–H and O–H groups in total. The normalized spacial score (nSPS) is 17.0. The molecule has 0 radical (unpaired) electrons. The summed E-state index contributed by atoms with van der Waals surface area (Å²) in [6, 6.07) is 6.72. The van der Waals surface area contributed by atoms with E-state index in [1.165, 1.54) is 48.8 Å². The zero-order valence-corrected chi connectivity index (χ0v) is 11.2. The second kappa shape index (κ2) is 6.91. The fraction of sp³-hybridized carbons (Fsp3) is 0.625. The number of benzene rings is 1. The summed E-state index contributed by atoms with van der Waals surface area (Å²) in [7, 11) is 0. The van der Waals surface area contributed by atoms with E-state index in [4.69, 9.17) is 10.8 Å². The van der Waals surface area contributed by atoms with Crippen LogP contribution in [-0.4, -0.2) is 18.3 Å². The third kappa shape index (κ3) is 3.33. The first-order chi connectivity index (χ1) is 8.85. The minimum atomic E-state index is 0.227. The fourth-order valence-electron chi connectivity index (χ4n) is 3.13. The largest absolute Gasteiger partial charge is 0.396 e. The number of aliphatic hydroxyl groups is 1. The molecule has 0 bridgehead atoms. The Morgan fingerprint density at radius 1 is 1.11 bits per heavy atom. The Morgan fingerprint density at radius 3 is 2.56 bits per heavy atom. The lowest BCUT2D eigenvalue weighted by Gasteiger charge is -2.25. The molecule has 0 heterocycles. The maximum atomic E-state index is 9.03.